The lowest BCUT2D eigenvalue weighted by Gasteiger charge is -2.35. The Balaban J connectivity index is 2.42. The second kappa shape index (κ2) is 8.51. The number of nitrogens with two attached hydrogens (primary N) is 1. The lowest BCUT2D eigenvalue weighted by atomic mass is 10.0. The van der Waals surface area contributed by atoms with Crippen molar-refractivity contribution in [2.24, 2.45) is 11.7 Å². The first kappa shape index (κ1) is 16.4. The molecule has 1 heterocycles. The largest absolute Gasteiger partial charge is 0.379 e. The molecule has 0 aromatic heterocycles. The number of nitrogens with zero attached hydrogens (tertiary/aromatic N) is 1. The molecule has 0 bridgehead atoms. The summed E-state index contributed by atoms with van der Waals surface area (Å²) in [6, 6.07) is 0.327. The maximum atomic E-state index is 11.7. The molecule has 112 valence electrons. The minimum atomic E-state index is -0.0769. The summed E-state index contributed by atoms with van der Waals surface area (Å²) in [6.45, 7) is 10.5. The van der Waals surface area contributed by atoms with Gasteiger partial charge in [0.1, 0.15) is 0 Å². The standard InChI is InChI=1S/C14H29N3O2/c1-11(2)8-13(17-4-6-19-7-5-17)10-16-14(18)9-12(3)15/h11-13H,4-10,15H2,1-3H3,(H,16,18). The molecular weight excluding hydrogens is 242 g/mol. The molecule has 3 N–H and O–H groups in total. The molecule has 1 aliphatic heterocycles. The Bertz CT molecular complexity index is 263. The van der Waals surface area contributed by atoms with Crippen LogP contribution in [0.4, 0.5) is 0 Å². The molecule has 19 heavy (non-hydrogen) atoms. The Hall–Kier alpha value is -0.650. The van der Waals surface area contributed by atoms with Crippen molar-refractivity contribution in [2.75, 3.05) is 32.8 Å². The van der Waals surface area contributed by atoms with Gasteiger partial charge in [0, 0.05) is 38.1 Å². The number of amides is 1. The van der Waals surface area contributed by atoms with Crippen molar-refractivity contribution >= 4 is 5.91 Å². The fourth-order valence-electron chi connectivity index (χ4n) is 2.44. The van der Waals surface area contributed by atoms with Crippen LogP contribution in [-0.4, -0.2) is 55.7 Å². The molecule has 0 aromatic rings. The van der Waals surface area contributed by atoms with Gasteiger partial charge in [-0.05, 0) is 19.3 Å². The number of rotatable bonds is 7. The summed E-state index contributed by atoms with van der Waals surface area (Å²) in [7, 11) is 0. The van der Waals surface area contributed by atoms with Crippen LogP contribution in [0.25, 0.3) is 0 Å². The zero-order chi connectivity index (χ0) is 14.3. The molecule has 1 aliphatic rings. The van der Waals surface area contributed by atoms with Gasteiger partial charge in [0.2, 0.25) is 5.91 Å². The van der Waals surface area contributed by atoms with Crippen LogP contribution in [-0.2, 0) is 9.53 Å². The summed E-state index contributed by atoms with van der Waals surface area (Å²) in [5, 5.41) is 3.02. The summed E-state index contributed by atoms with van der Waals surface area (Å²) in [4.78, 5) is 14.1. The van der Waals surface area contributed by atoms with E-state index < -0.39 is 0 Å². The first-order valence-corrected chi connectivity index (χ1v) is 7.33. The number of hydrogen-bond acceptors (Lipinski definition) is 4. The number of ether oxygens (including phenoxy) is 1. The molecule has 1 saturated heterocycles. The highest BCUT2D eigenvalue weighted by molar-refractivity contribution is 5.76. The molecule has 5 nitrogen and oxygen atoms in total. The highest BCUT2D eigenvalue weighted by Crippen LogP contribution is 2.13. The summed E-state index contributed by atoms with van der Waals surface area (Å²) in [6.07, 6.45) is 1.50. The number of morpholine rings is 1. The molecule has 0 aliphatic carbocycles. The fraction of sp³-hybridized carbons (Fsp3) is 0.929. The van der Waals surface area contributed by atoms with Crippen molar-refractivity contribution in [1.82, 2.24) is 10.2 Å². The Morgan fingerprint density at radius 3 is 2.47 bits per heavy atom. The number of carbonyl (C=O) groups is 1. The van der Waals surface area contributed by atoms with Crippen molar-refractivity contribution in [3.05, 3.63) is 0 Å². The SMILES string of the molecule is CC(C)CC(CNC(=O)CC(C)N)N1CCOCC1. The minimum Gasteiger partial charge on any atom is -0.379 e. The molecule has 1 rings (SSSR count). The third-order valence-corrected chi connectivity index (χ3v) is 3.35. The smallest absolute Gasteiger partial charge is 0.221 e. The van der Waals surface area contributed by atoms with Crippen LogP contribution in [0, 0.1) is 5.92 Å². The monoisotopic (exact) mass is 271 g/mol. The van der Waals surface area contributed by atoms with E-state index in [2.05, 4.69) is 24.1 Å². The fourth-order valence-corrected chi connectivity index (χ4v) is 2.44. The van der Waals surface area contributed by atoms with E-state index in [1.54, 1.807) is 0 Å². The third-order valence-electron chi connectivity index (χ3n) is 3.35. The van der Waals surface area contributed by atoms with Gasteiger partial charge in [-0.2, -0.15) is 0 Å². The number of hydrogen-bond donors (Lipinski definition) is 2. The molecule has 1 fully saturated rings. The average molecular weight is 271 g/mol. The van der Waals surface area contributed by atoms with Crippen LogP contribution in [0.1, 0.15) is 33.6 Å². The second-order valence-electron chi connectivity index (χ2n) is 5.92. The highest BCUT2D eigenvalue weighted by Gasteiger charge is 2.22. The Morgan fingerprint density at radius 2 is 1.95 bits per heavy atom. The Kier molecular flexibility index (Phi) is 7.34. The minimum absolute atomic E-state index is 0.0528. The van der Waals surface area contributed by atoms with E-state index in [-0.39, 0.29) is 11.9 Å². The number of carbonyl (C=O) groups excluding carboxylic acids is 1. The maximum absolute atomic E-state index is 11.7. The van der Waals surface area contributed by atoms with Gasteiger partial charge >= 0.3 is 0 Å². The highest BCUT2D eigenvalue weighted by atomic mass is 16.5. The van der Waals surface area contributed by atoms with E-state index in [4.69, 9.17) is 10.5 Å². The molecule has 0 aromatic carbocycles. The number of nitrogens with one attached hydrogen (secondary N) is 1. The zero-order valence-corrected chi connectivity index (χ0v) is 12.5. The van der Waals surface area contributed by atoms with Gasteiger partial charge in [-0.1, -0.05) is 13.8 Å². The van der Waals surface area contributed by atoms with Crippen LogP contribution >= 0.6 is 0 Å². The molecule has 0 spiro atoms. The lowest BCUT2D eigenvalue weighted by Crippen LogP contribution is -2.49. The molecule has 5 heteroatoms. The predicted molar refractivity (Wildman–Crippen MR) is 76.9 cm³/mol. The van der Waals surface area contributed by atoms with Gasteiger partial charge in [0.25, 0.3) is 0 Å². The maximum Gasteiger partial charge on any atom is 0.221 e. The topological polar surface area (TPSA) is 67.6 Å². The van der Waals surface area contributed by atoms with Gasteiger partial charge in [-0.15, -0.1) is 0 Å². The van der Waals surface area contributed by atoms with Gasteiger partial charge in [0.05, 0.1) is 13.2 Å². The Labute approximate surface area is 116 Å². The summed E-state index contributed by atoms with van der Waals surface area (Å²) < 4.78 is 5.39. The summed E-state index contributed by atoms with van der Waals surface area (Å²) in [5.41, 5.74) is 5.64. The van der Waals surface area contributed by atoms with Gasteiger partial charge < -0.3 is 15.8 Å². The van der Waals surface area contributed by atoms with E-state index in [9.17, 15) is 4.79 Å². The molecule has 2 atom stereocenters. The van der Waals surface area contributed by atoms with E-state index in [1.165, 1.54) is 0 Å². The van der Waals surface area contributed by atoms with Gasteiger partial charge in [0.15, 0.2) is 0 Å². The summed E-state index contributed by atoms with van der Waals surface area (Å²) in [5.74, 6) is 0.676. The van der Waals surface area contributed by atoms with E-state index in [1.807, 2.05) is 6.92 Å². The molecule has 1 amide bonds. The van der Waals surface area contributed by atoms with Gasteiger partial charge in [-0.25, -0.2) is 0 Å². The van der Waals surface area contributed by atoms with E-state index in [0.717, 1.165) is 32.7 Å². The predicted octanol–water partition coefficient (Wildman–Crippen LogP) is 0.587. The third kappa shape index (κ3) is 6.89. The average Bonchev–Trinajstić information content (AvgIpc) is 2.34. The Morgan fingerprint density at radius 1 is 1.32 bits per heavy atom. The second-order valence-corrected chi connectivity index (χ2v) is 5.92. The van der Waals surface area contributed by atoms with Crippen molar-refractivity contribution < 1.29 is 9.53 Å². The molecular formula is C14H29N3O2. The quantitative estimate of drug-likeness (QED) is 0.711. The molecule has 0 saturated carbocycles. The van der Waals surface area contributed by atoms with Crippen molar-refractivity contribution in [3.63, 3.8) is 0 Å². The molecule has 0 radical (unpaired) electrons. The first-order chi connectivity index (χ1) is 8.99. The van der Waals surface area contributed by atoms with Crippen LogP contribution < -0.4 is 11.1 Å². The van der Waals surface area contributed by atoms with E-state index >= 15 is 0 Å². The first-order valence-electron chi connectivity index (χ1n) is 7.33. The van der Waals surface area contributed by atoms with Gasteiger partial charge in [-0.3, -0.25) is 9.69 Å². The lowest BCUT2D eigenvalue weighted by molar-refractivity contribution is -0.121. The zero-order valence-electron chi connectivity index (χ0n) is 12.5. The van der Waals surface area contributed by atoms with Crippen molar-refractivity contribution in [1.29, 1.82) is 0 Å². The molecule has 2 unspecified atom stereocenters. The van der Waals surface area contributed by atoms with E-state index in [0.29, 0.717) is 24.9 Å². The summed E-state index contributed by atoms with van der Waals surface area (Å²) >= 11 is 0. The van der Waals surface area contributed by atoms with Crippen LogP contribution in [0.3, 0.4) is 0 Å². The van der Waals surface area contributed by atoms with Crippen LogP contribution in [0.15, 0.2) is 0 Å². The van der Waals surface area contributed by atoms with Crippen LogP contribution in [0.5, 0.6) is 0 Å². The van der Waals surface area contributed by atoms with Crippen molar-refractivity contribution in [3.8, 4) is 0 Å². The normalized spacial score (nSPS) is 20.3. The van der Waals surface area contributed by atoms with Crippen molar-refractivity contribution in [2.45, 2.75) is 45.7 Å². The van der Waals surface area contributed by atoms with Crippen LogP contribution in [0.2, 0.25) is 0 Å².